The number of rotatable bonds is 4. The maximum Gasteiger partial charge on any atom is 0.410 e. The molecule has 0 spiro atoms. The van der Waals surface area contributed by atoms with Crippen molar-refractivity contribution in [1.29, 1.82) is 0 Å². The highest BCUT2D eigenvalue weighted by Gasteiger charge is 2.29. The first-order valence-corrected chi connectivity index (χ1v) is 14.2. The second kappa shape index (κ2) is 10.2. The number of hydrogen-bond donors (Lipinski definition) is 1. The van der Waals surface area contributed by atoms with Crippen molar-refractivity contribution in [2.45, 2.75) is 39.2 Å². The number of anilines is 2. The van der Waals surface area contributed by atoms with Crippen molar-refractivity contribution in [3.8, 4) is 11.3 Å². The van der Waals surface area contributed by atoms with Gasteiger partial charge in [-0.1, -0.05) is 36.4 Å². The number of nitrogens with zero attached hydrogens (tertiary/aromatic N) is 5. The minimum absolute atomic E-state index is 0.00740. The van der Waals surface area contributed by atoms with Crippen LogP contribution in [-0.4, -0.2) is 63.0 Å². The number of imidazole rings is 1. The van der Waals surface area contributed by atoms with Crippen molar-refractivity contribution in [3.05, 3.63) is 76.2 Å². The number of carbonyl (C=O) groups is 2. The van der Waals surface area contributed by atoms with Crippen LogP contribution in [0.25, 0.3) is 16.9 Å². The van der Waals surface area contributed by atoms with Crippen LogP contribution in [0.15, 0.2) is 59.3 Å². The number of aromatic nitrogens is 3. The lowest BCUT2D eigenvalue weighted by Crippen LogP contribution is -2.50. The maximum absolute atomic E-state index is 12.6. The third-order valence-corrected chi connectivity index (χ3v) is 7.67. The predicted molar refractivity (Wildman–Crippen MR) is 158 cm³/mol. The highest BCUT2D eigenvalue weighted by molar-refractivity contribution is 9.10. The maximum atomic E-state index is 12.6. The number of hydrogen-bond acceptors (Lipinski definition) is 6. The van der Waals surface area contributed by atoms with E-state index in [9.17, 15) is 9.59 Å². The fourth-order valence-electron chi connectivity index (χ4n) is 5.29. The summed E-state index contributed by atoms with van der Waals surface area (Å²) in [5.41, 5.74) is 6.08. The van der Waals surface area contributed by atoms with Crippen LogP contribution in [0.2, 0.25) is 0 Å². The molecule has 2 aromatic carbocycles. The molecule has 1 N–H and O–H groups in total. The van der Waals surface area contributed by atoms with Crippen molar-refractivity contribution < 1.29 is 14.3 Å². The third kappa shape index (κ3) is 5.15. The van der Waals surface area contributed by atoms with E-state index in [1.54, 1.807) is 11.1 Å². The van der Waals surface area contributed by atoms with Crippen LogP contribution in [0.4, 0.5) is 16.3 Å². The highest BCUT2D eigenvalue weighted by Crippen LogP contribution is 2.36. The summed E-state index contributed by atoms with van der Waals surface area (Å²) >= 11 is 3.74. The molecule has 206 valence electrons. The Labute approximate surface area is 241 Å². The Bertz CT molecular complexity index is 1600. The predicted octanol–water partition coefficient (Wildman–Crippen LogP) is 5.30. The van der Waals surface area contributed by atoms with Gasteiger partial charge in [0.1, 0.15) is 10.2 Å². The van der Waals surface area contributed by atoms with E-state index >= 15 is 0 Å². The summed E-state index contributed by atoms with van der Waals surface area (Å²) < 4.78 is 8.46. The molecule has 2 aliphatic heterocycles. The molecule has 2 amide bonds. The first-order valence-electron chi connectivity index (χ1n) is 13.4. The summed E-state index contributed by atoms with van der Waals surface area (Å²) in [5, 5.41) is 2.92. The lowest BCUT2D eigenvalue weighted by atomic mass is 10.0. The lowest BCUT2D eigenvalue weighted by Gasteiger charge is -2.36. The summed E-state index contributed by atoms with van der Waals surface area (Å²) in [5.74, 6) is 0.776. The Hall–Kier alpha value is -3.92. The normalized spacial score (nSPS) is 15.3. The molecule has 0 atom stereocenters. The SMILES string of the molecule is CC(C)(C)OC(=O)N1CCN(c2ncc(Br)n3c(-c4ccc5c(c4)CC(=O)N5)c(Cc4ccccc4)nc23)CC1. The summed E-state index contributed by atoms with van der Waals surface area (Å²) in [7, 11) is 0. The zero-order chi connectivity index (χ0) is 28.0. The molecule has 40 heavy (non-hydrogen) atoms. The Kier molecular flexibility index (Phi) is 6.74. The van der Waals surface area contributed by atoms with Crippen LogP contribution in [0.3, 0.4) is 0 Å². The van der Waals surface area contributed by atoms with E-state index in [0.717, 1.165) is 49.8 Å². The molecule has 1 fully saturated rings. The van der Waals surface area contributed by atoms with E-state index in [1.807, 2.05) is 51.1 Å². The number of nitrogens with one attached hydrogen (secondary N) is 1. The molecule has 10 heteroatoms. The fraction of sp³-hybridized carbons (Fsp3) is 0.333. The van der Waals surface area contributed by atoms with Crippen LogP contribution >= 0.6 is 15.9 Å². The van der Waals surface area contributed by atoms with Crippen molar-refractivity contribution in [2.75, 3.05) is 36.4 Å². The second-order valence-corrected chi connectivity index (χ2v) is 12.0. The zero-order valence-corrected chi connectivity index (χ0v) is 24.4. The van der Waals surface area contributed by atoms with Crippen molar-refractivity contribution in [2.24, 2.45) is 0 Å². The number of carbonyl (C=O) groups excluding carboxylic acids is 2. The third-order valence-electron chi connectivity index (χ3n) is 7.11. The van der Waals surface area contributed by atoms with E-state index in [4.69, 9.17) is 14.7 Å². The summed E-state index contributed by atoms with van der Waals surface area (Å²) in [6.07, 6.45) is 2.52. The van der Waals surface area contributed by atoms with Crippen molar-refractivity contribution in [1.82, 2.24) is 19.3 Å². The van der Waals surface area contributed by atoms with Crippen LogP contribution < -0.4 is 10.2 Å². The number of amides is 2. The number of halogens is 1. The molecule has 0 bridgehead atoms. The second-order valence-electron chi connectivity index (χ2n) is 11.2. The molecular weight excluding hydrogens is 572 g/mol. The first kappa shape index (κ1) is 26.3. The number of piperazine rings is 1. The van der Waals surface area contributed by atoms with Gasteiger partial charge < -0.3 is 19.9 Å². The molecule has 4 aromatic rings. The van der Waals surface area contributed by atoms with Crippen molar-refractivity contribution in [3.63, 3.8) is 0 Å². The number of ether oxygens (including phenoxy) is 1. The van der Waals surface area contributed by atoms with Gasteiger partial charge in [-0.05, 0) is 60.0 Å². The molecule has 2 aliphatic rings. The lowest BCUT2D eigenvalue weighted by molar-refractivity contribution is -0.115. The van der Waals surface area contributed by atoms with E-state index in [1.165, 1.54) is 0 Å². The number of benzene rings is 2. The summed E-state index contributed by atoms with van der Waals surface area (Å²) in [6.45, 7) is 7.94. The van der Waals surface area contributed by atoms with Gasteiger partial charge in [0.05, 0.1) is 24.0 Å². The van der Waals surface area contributed by atoms with Crippen LogP contribution in [-0.2, 0) is 22.4 Å². The average molecular weight is 604 g/mol. The standard InChI is InChI=1S/C30H31BrN6O3/c1-30(2,3)40-29(39)36-13-11-35(12-14-36)27-28-34-23(15-19-7-5-4-6-8-19)26(37(28)24(31)18-32-27)20-9-10-22-21(16-20)17-25(38)33-22/h4-10,16,18H,11-15,17H2,1-3H3,(H,33,38). The van der Waals surface area contributed by atoms with Gasteiger partial charge in [0.25, 0.3) is 0 Å². The van der Waals surface area contributed by atoms with Gasteiger partial charge in [0.15, 0.2) is 11.5 Å². The first-order chi connectivity index (χ1) is 19.2. The van der Waals surface area contributed by atoms with Crippen molar-refractivity contribution >= 4 is 45.1 Å². The molecule has 0 radical (unpaired) electrons. The van der Waals surface area contributed by atoms with Gasteiger partial charge in [0, 0.05) is 43.9 Å². The molecule has 2 aromatic heterocycles. The Morgan fingerprint density at radius 2 is 1.82 bits per heavy atom. The van der Waals surface area contributed by atoms with Gasteiger partial charge in [-0.15, -0.1) is 0 Å². The molecule has 0 unspecified atom stereocenters. The minimum Gasteiger partial charge on any atom is -0.444 e. The van der Waals surface area contributed by atoms with E-state index < -0.39 is 5.60 Å². The van der Waals surface area contributed by atoms with Gasteiger partial charge in [-0.25, -0.2) is 14.8 Å². The minimum atomic E-state index is -0.532. The Morgan fingerprint density at radius 1 is 1.07 bits per heavy atom. The van der Waals surface area contributed by atoms with Gasteiger partial charge in [-0.3, -0.25) is 9.20 Å². The summed E-state index contributed by atoms with van der Waals surface area (Å²) in [4.78, 5) is 38.5. The van der Waals surface area contributed by atoms with E-state index in [2.05, 4.69) is 48.7 Å². The van der Waals surface area contributed by atoms with Gasteiger partial charge >= 0.3 is 6.09 Å². The van der Waals surface area contributed by atoms with Crippen LogP contribution in [0.5, 0.6) is 0 Å². The fourth-order valence-corrected chi connectivity index (χ4v) is 5.74. The quantitative estimate of drug-likeness (QED) is 0.341. The molecule has 0 aliphatic carbocycles. The largest absolute Gasteiger partial charge is 0.444 e. The monoisotopic (exact) mass is 602 g/mol. The molecule has 1 saturated heterocycles. The molecule has 9 nitrogen and oxygen atoms in total. The Balaban J connectivity index is 1.40. The van der Waals surface area contributed by atoms with Gasteiger partial charge in [-0.2, -0.15) is 0 Å². The average Bonchev–Trinajstić information content (AvgIpc) is 3.48. The molecule has 6 rings (SSSR count). The smallest absolute Gasteiger partial charge is 0.410 e. The zero-order valence-electron chi connectivity index (χ0n) is 22.8. The Morgan fingerprint density at radius 3 is 2.55 bits per heavy atom. The summed E-state index contributed by atoms with van der Waals surface area (Å²) in [6, 6.07) is 16.4. The topological polar surface area (TPSA) is 92.1 Å². The molecular formula is C30H31BrN6O3. The van der Waals surface area contributed by atoms with Crippen LogP contribution in [0, 0.1) is 0 Å². The van der Waals surface area contributed by atoms with Crippen LogP contribution in [0.1, 0.15) is 37.6 Å². The van der Waals surface area contributed by atoms with E-state index in [0.29, 0.717) is 39.0 Å². The number of fused-ring (bicyclic) bond motifs is 2. The van der Waals surface area contributed by atoms with E-state index in [-0.39, 0.29) is 12.0 Å². The molecule has 0 saturated carbocycles. The molecule has 4 heterocycles. The van der Waals surface area contributed by atoms with Gasteiger partial charge in [0.2, 0.25) is 5.91 Å². The highest BCUT2D eigenvalue weighted by atomic mass is 79.9.